The van der Waals surface area contributed by atoms with Crippen LogP contribution in [0.2, 0.25) is 5.82 Å². The molecule has 0 radical (unpaired) electrons. The van der Waals surface area contributed by atoms with Gasteiger partial charge in [0.25, 0.3) is 6.71 Å². The van der Waals surface area contributed by atoms with E-state index in [1.165, 1.54) is 6.20 Å². The maximum absolute atomic E-state index is 13.6. The number of hydrogen-bond donors (Lipinski definition) is 2. The summed E-state index contributed by atoms with van der Waals surface area (Å²) in [6.07, 6.45) is 10.8. The van der Waals surface area contributed by atoms with Crippen molar-refractivity contribution in [2.24, 2.45) is 5.92 Å². The zero-order chi connectivity index (χ0) is 27.3. The highest BCUT2D eigenvalue weighted by Crippen LogP contribution is 2.33. The van der Waals surface area contributed by atoms with Gasteiger partial charge < -0.3 is 15.2 Å². The summed E-state index contributed by atoms with van der Waals surface area (Å²) < 4.78 is 0. The molecule has 37 heavy (non-hydrogen) atoms. The van der Waals surface area contributed by atoms with E-state index in [9.17, 15) is 19.5 Å². The van der Waals surface area contributed by atoms with Crippen molar-refractivity contribution in [1.82, 2.24) is 10.3 Å². The van der Waals surface area contributed by atoms with E-state index in [2.05, 4.69) is 16.2 Å². The molecule has 1 aliphatic rings. The smallest absolute Gasteiger partial charge is 0.305 e. The van der Waals surface area contributed by atoms with Crippen LogP contribution in [0.1, 0.15) is 62.0 Å². The number of carboxylic acids is 1. The minimum Gasteiger partial charge on any atom is -0.481 e. The molecule has 0 bridgehead atoms. The lowest BCUT2D eigenvalue weighted by molar-refractivity contribution is -0.137. The number of carbonyl (C=O) groups is 3. The molecule has 1 amide bonds. The molecule has 0 fully saturated rings. The maximum atomic E-state index is 13.6. The van der Waals surface area contributed by atoms with E-state index in [0.717, 1.165) is 22.3 Å². The summed E-state index contributed by atoms with van der Waals surface area (Å²) in [6, 6.07) is 6.89. The summed E-state index contributed by atoms with van der Waals surface area (Å²) in [5, 5.41) is 12.6. The van der Waals surface area contributed by atoms with Crippen molar-refractivity contribution in [1.29, 1.82) is 0 Å². The number of carbonyl (C=O) groups excluding carboxylic acids is 2. The van der Waals surface area contributed by atoms with E-state index in [1.807, 2.05) is 65.0 Å². The first-order valence-electron chi connectivity index (χ1n) is 12.5. The first-order valence-corrected chi connectivity index (χ1v) is 12.5. The van der Waals surface area contributed by atoms with Crippen LogP contribution in [0.3, 0.4) is 0 Å². The van der Waals surface area contributed by atoms with Gasteiger partial charge in [0.15, 0.2) is 0 Å². The lowest BCUT2D eigenvalue weighted by Crippen LogP contribution is -2.42. The van der Waals surface area contributed by atoms with E-state index in [4.69, 9.17) is 6.42 Å². The lowest BCUT2D eigenvalue weighted by atomic mass is 9.36. The first kappa shape index (κ1) is 27.7. The number of aliphatic carboxylic acids is 1. The molecule has 0 spiro atoms. The standard InChI is InChI=1S/C30H33BN2O4/c1-7-25-23(29-20(5)9-8-10-21(29)6)15-22(17-32-25)26(16-28(35)36)33-30(37)24(13-18(2)3)31-12-11-19(4)14-27(31)34/h1,8-12,14-15,17-18,24,26H,13,16H2,2-6H3,(H,33,37)(H,35,36)/t24-,26?/m1/s1. The number of carboxylic acid groups (broad SMARTS) is 1. The molecule has 1 aromatic heterocycles. The summed E-state index contributed by atoms with van der Waals surface area (Å²) in [5.41, 5.74) is 5.37. The number of terminal acetylenes is 1. The fourth-order valence-corrected chi connectivity index (χ4v) is 4.90. The quantitative estimate of drug-likeness (QED) is 0.374. The highest BCUT2D eigenvalue weighted by molar-refractivity contribution is 6.98. The van der Waals surface area contributed by atoms with Crippen LogP contribution in [-0.2, 0) is 14.4 Å². The van der Waals surface area contributed by atoms with Gasteiger partial charge in [-0.3, -0.25) is 9.59 Å². The van der Waals surface area contributed by atoms with Gasteiger partial charge in [-0.15, -0.1) is 12.4 Å². The van der Waals surface area contributed by atoms with Crippen LogP contribution in [0.15, 0.2) is 54.2 Å². The highest BCUT2D eigenvalue weighted by atomic mass is 16.4. The van der Waals surface area contributed by atoms with Crippen LogP contribution in [0, 0.1) is 32.1 Å². The molecule has 0 saturated heterocycles. The molecule has 2 N–H and O–H groups in total. The maximum Gasteiger partial charge on any atom is 0.305 e. The molecule has 6 nitrogen and oxygen atoms in total. The third-order valence-corrected chi connectivity index (χ3v) is 6.65. The van der Waals surface area contributed by atoms with E-state index < -0.39 is 24.5 Å². The largest absolute Gasteiger partial charge is 0.481 e. The minimum atomic E-state index is -1.06. The van der Waals surface area contributed by atoms with Gasteiger partial charge in [-0.2, -0.15) is 0 Å². The third kappa shape index (κ3) is 6.65. The second-order valence-electron chi connectivity index (χ2n) is 10.1. The number of aryl methyl sites for hydroxylation is 2. The number of allylic oxidation sites excluding steroid dienone is 3. The molecule has 1 aliphatic heterocycles. The number of rotatable bonds is 9. The molecule has 2 aromatic rings. The molecular weight excluding hydrogens is 463 g/mol. The molecule has 0 saturated carbocycles. The second-order valence-corrected chi connectivity index (χ2v) is 10.1. The van der Waals surface area contributed by atoms with Gasteiger partial charge in [0.1, 0.15) is 11.4 Å². The highest BCUT2D eigenvalue weighted by Gasteiger charge is 2.37. The van der Waals surface area contributed by atoms with Crippen LogP contribution in [-0.4, -0.2) is 34.4 Å². The van der Waals surface area contributed by atoms with Crippen molar-refractivity contribution in [2.75, 3.05) is 0 Å². The Morgan fingerprint density at radius 1 is 1.19 bits per heavy atom. The van der Waals surface area contributed by atoms with Gasteiger partial charge in [-0.1, -0.05) is 38.1 Å². The van der Waals surface area contributed by atoms with Crippen molar-refractivity contribution >= 4 is 24.3 Å². The van der Waals surface area contributed by atoms with Gasteiger partial charge >= 0.3 is 5.97 Å². The summed E-state index contributed by atoms with van der Waals surface area (Å²) >= 11 is 0. The molecule has 1 unspecified atom stereocenters. The summed E-state index contributed by atoms with van der Waals surface area (Å²) in [4.78, 5) is 42.6. The van der Waals surface area contributed by atoms with Gasteiger partial charge in [0.2, 0.25) is 5.91 Å². The molecule has 3 rings (SSSR count). The Morgan fingerprint density at radius 2 is 1.86 bits per heavy atom. The normalized spacial score (nSPS) is 14.7. The Hall–Kier alpha value is -3.92. The van der Waals surface area contributed by atoms with E-state index in [-0.39, 0.29) is 23.9 Å². The van der Waals surface area contributed by atoms with Crippen molar-refractivity contribution in [3.63, 3.8) is 0 Å². The number of hydrogen-bond acceptors (Lipinski definition) is 4. The molecular formula is C30H33BN2O4. The average Bonchev–Trinajstić information content (AvgIpc) is 2.82. The van der Waals surface area contributed by atoms with Crippen LogP contribution >= 0.6 is 0 Å². The van der Waals surface area contributed by atoms with Crippen molar-refractivity contribution < 1.29 is 19.5 Å². The Morgan fingerprint density at radius 3 is 2.43 bits per heavy atom. The molecule has 190 valence electrons. The van der Waals surface area contributed by atoms with Gasteiger partial charge in [0, 0.05) is 17.6 Å². The molecule has 7 heteroatoms. The number of nitrogens with zero attached hydrogens (tertiary/aromatic N) is 1. The van der Waals surface area contributed by atoms with Crippen LogP contribution < -0.4 is 5.32 Å². The number of nitrogens with one attached hydrogen (secondary N) is 1. The zero-order valence-electron chi connectivity index (χ0n) is 22.0. The van der Waals surface area contributed by atoms with Gasteiger partial charge in [-0.05, 0) is 79.0 Å². The number of benzene rings is 1. The summed E-state index contributed by atoms with van der Waals surface area (Å²) in [5.74, 6) is 2.52. The summed E-state index contributed by atoms with van der Waals surface area (Å²) in [7, 11) is 0. The Labute approximate surface area is 219 Å². The van der Waals surface area contributed by atoms with Crippen LogP contribution in [0.4, 0.5) is 0 Å². The third-order valence-electron chi connectivity index (χ3n) is 6.65. The SMILES string of the molecule is C#Cc1ncc(C(CC(=O)O)NC(=O)[C@@H](CC(C)C)B2C=CC(C)=CC2=O)cc1-c1c(C)cccc1C. The van der Waals surface area contributed by atoms with E-state index in [0.29, 0.717) is 23.2 Å². The number of aromatic nitrogens is 1. The fourth-order valence-electron chi connectivity index (χ4n) is 4.90. The van der Waals surface area contributed by atoms with E-state index >= 15 is 0 Å². The van der Waals surface area contributed by atoms with Crippen LogP contribution in [0.25, 0.3) is 11.1 Å². The van der Waals surface area contributed by atoms with Crippen molar-refractivity contribution in [2.45, 2.75) is 59.3 Å². The second kappa shape index (κ2) is 11.9. The Bertz CT molecular complexity index is 1300. The number of pyridine rings is 1. The predicted octanol–water partition coefficient (Wildman–Crippen LogP) is 5.05. The van der Waals surface area contributed by atoms with E-state index in [1.54, 1.807) is 12.1 Å². The summed E-state index contributed by atoms with van der Waals surface area (Å²) in [6.45, 7) is 9.19. The minimum absolute atomic E-state index is 0.118. The monoisotopic (exact) mass is 496 g/mol. The molecule has 2 heterocycles. The number of amides is 1. The van der Waals surface area contributed by atoms with Gasteiger partial charge in [-0.25, -0.2) is 4.98 Å². The Kier molecular flexibility index (Phi) is 8.88. The first-order chi connectivity index (χ1) is 17.5. The van der Waals surface area contributed by atoms with Crippen molar-refractivity contribution in [3.05, 3.63) is 76.5 Å². The molecule has 0 aliphatic carbocycles. The lowest BCUT2D eigenvalue weighted by Gasteiger charge is -2.26. The predicted molar refractivity (Wildman–Crippen MR) is 147 cm³/mol. The van der Waals surface area contributed by atoms with Gasteiger partial charge in [0.05, 0.1) is 12.5 Å². The zero-order valence-corrected chi connectivity index (χ0v) is 22.0. The fraction of sp³-hybridized carbons (Fsp3) is 0.333. The van der Waals surface area contributed by atoms with Crippen LogP contribution in [0.5, 0.6) is 0 Å². The average molecular weight is 496 g/mol. The molecule has 2 atom stereocenters. The van der Waals surface area contributed by atoms with Crippen molar-refractivity contribution in [3.8, 4) is 23.5 Å². The topological polar surface area (TPSA) is 96.4 Å². The molecule has 1 aromatic carbocycles. The Balaban J connectivity index is 2.01.